The minimum atomic E-state index is -0.206. The van der Waals surface area contributed by atoms with E-state index in [9.17, 15) is 4.39 Å². The Labute approximate surface area is 115 Å². The summed E-state index contributed by atoms with van der Waals surface area (Å²) in [6, 6.07) is 5.23. The Morgan fingerprint density at radius 3 is 2.83 bits per heavy atom. The van der Waals surface area contributed by atoms with E-state index in [0.29, 0.717) is 11.0 Å². The Balaban J connectivity index is 1.66. The number of hydrogen-bond donors (Lipinski definition) is 1. The van der Waals surface area contributed by atoms with E-state index in [-0.39, 0.29) is 5.82 Å². The molecule has 18 heavy (non-hydrogen) atoms. The molecule has 1 aromatic carbocycles. The maximum absolute atomic E-state index is 13.3. The number of nitrogens with one attached hydrogen (secondary N) is 1. The van der Waals surface area contributed by atoms with Crippen LogP contribution in [0.3, 0.4) is 0 Å². The van der Waals surface area contributed by atoms with E-state index in [1.54, 1.807) is 12.1 Å². The Bertz CT molecular complexity index is 383. The number of nitrogens with zero attached hydrogens (tertiary/aromatic N) is 1. The van der Waals surface area contributed by atoms with Crippen LogP contribution in [-0.4, -0.2) is 44.3 Å². The lowest BCUT2D eigenvalue weighted by atomic mass is 10.2. The van der Waals surface area contributed by atoms with Crippen LogP contribution in [0.5, 0.6) is 0 Å². The SMILES string of the molecule is Fc1cc(CNCCN2CCOCC2)ccc1Br. The lowest BCUT2D eigenvalue weighted by molar-refractivity contribution is 0.0384. The summed E-state index contributed by atoms with van der Waals surface area (Å²) in [7, 11) is 0. The highest BCUT2D eigenvalue weighted by Crippen LogP contribution is 2.16. The van der Waals surface area contributed by atoms with E-state index in [1.165, 1.54) is 0 Å². The molecule has 1 saturated heterocycles. The molecule has 1 fully saturated rings. The summed E-state index contributed by atoms with van der Waals surface area (Å²) in [5.74, 6) is -0.206. The van der Waals surface area contributed by atoms with E-state index < -0.39 is 0 Å². The molecule has 3 nitrogen and oxygen atoms in total. The number of hydrogen-bond acceptors (Lipinski definition) is 3. The van der Waals surface area contributed by atoms with Crippen molar-refractivity contribution in [1.82, 2.24) is 10.2 Å². The van der Waals surface area contributed by atoms with Crippen LogP contribution in [0.2, 0.25) is 0 Å². The molecule has 0 atom stereocenters. The number of ether oxygens (including phenoxy) is 1. The second kappa shape index (κ2) is 7.19. The van der Waals surface area contributed by atoms with Gasteiger partial charge in [-0.1, -0.05) is 6.07 Å². The van der Waals surface area contributed by atoms with Crippen molar-refractivity contribution in [3.05, 3.63) is 34.1 Å². The van der Waals surface area contributed by atoms with Gasteiger partial charge in [-0.3, -0.25) is 4.90 Å². The van der Waals surface area contributed by atoms with Gasteiger partial charge in [-0.2, -0.15) is 0 Å². The highest BCUT2D eigenvalue weighted by atomic mass is 79.9. The van der Waals surface area contributed by atoms with Gasteiger partial charge in [0.1, 0.15) is 5.82 Å². The largest absolute Gasteiger partial charge is 0.379 e. The second-order valence-corrected chi connectivity index (χ2v) is 5.23. The van der Waals surface area contributed by atoms with Gasteiger partial charge in [0, 0.05) is 32.7 Å². The van der Waals surface area contributed by atoms with Crippen LogP contribution in [0, 0.1) is 5.82 Å². The molecule has 0 bridgehead atoms. The standard InChI is InChI=1S/C13H18BrFN2O/c14-12-2-1-11(9-13(12)15)10-16-3-4-17-5-7-18-8-6-17/h1-2,9,16H,3-8,10H2. The minimum absolute atomic E-state index is 0.206. The first-order valence-electron chi connectivity index (χ1n) is 6.20. The molecule has 1 aliphatic heterocycles. The number of benzene rings is 1. The van der Waals surface area contributed by atoms with Crippen LogP contribution >= 0.6 is 15.9 Å². The minimum Gasteiger partial charge on any atom is -0.379 e. The normalized spacial score (nSPS) is 17.0. The summed E-state index contributed by atoms with van der Waals surface area (Å²) in [6.07, 6.45) is 0. The summed E-state index contributed by atoms with van der Waals surface area (Å²) < 4.78 is 19.1. The fourth-order valence-electron chi connectivity index (χ4n) is 1.94. The fraction of sp³-hybridized carbons (Fsp3) is 0.538. The van der Waals surface area contributed by atoms with Crippen molar-refractivity contribution in [2.75, 3.05) is 39.4 Å². The molecule has 0 unspecified atom stereocenters. The molecule has 0 spiro atoms. The maximum Gasteiger partial charge on any atom is 0.137 e. The van der Waals surface area contributed by atoms with E-state index in [4.69, 9.17) is 4.74 Å². The summed E-state index contributed by atoms with van der Waals surface area (Å²) in [5, 5.41) is 3.33. The van der Waals surface area contributed by atoms with Crippen LogP contribution in [0.4, 0.5) is 4.39 Å². The van der Waals surface area contributed by atoms with Gasteiger partial charge >= 0.3 is 0 Å². The van der Waals surface area contributed by atoms with Gasteiger partial charge in [-0.25, -0.2) is 4.39 Å². The molecule has 1 N–H and O–H groups in total. The van der Waals surface area contributed by atoms with Crippen LogP contribution in [-0.2, 0) is 11.3 Å². The average Bonchev–Trinajstić information content (AvgIpc) is 2.40. The van der Waals surface area contributed by atoms with Gasteiger partial charge in [0.15, 0.2) is 0 Å². The number of halogens is 2. The van der Waals surface area contributed by atoms with Crippen molar-refractivity contribution in [2.24, 2.45) is 0 Å². The molecule has 1 heterocycles. The van der Waals surface area contributed by atoms with Crippen molar-refractivity contribution in [2.45, 2.75) is 6.54 Å². The third kappa shape index (κ3) is 4.31. The van der Waals surface area contributed by atoms with Crippen molar-refractivity contribution in [1.29, 1.82) is 0 Å². The van der Waals surface area contributed by atoms with Gasteiger partial charge < -0.3 is 10.1 Å². The lowest BCUT2D eigenvalue weighted by Crippen LogP contribution is -2.40. The van der Waals surface area contributed by atoms with Gasteiger partial charge in [0.25, 0.3) is 0 Å². The molecule has 0 aromatic heterocycles. The van der Waals surface area contributed by atoms with Crippen LogP contribution in [0.15, 0.2) is 22.7 Å². The third-order valence-corrected chi connectivity index (χ3v) is 3.66. The first kappa shape index (κ1) is 13.9. The topological polar surface area (TPSA) is 24.5 Å². The monoisotopic (exact) mass is 316 g/mol. The predicted octanol–water partition coefficient (Wildman–Crippen LogP) is 2.01. The van der Waals surface area contributed by atoms with Crippen LogP contribution in [0.25, 0.3) is 0 Å². The van der Waals surface area contributed by atoms with Crippen molar-refractivity contribution in [3.63, 3.8) is 0 Å². The van der Waals surface area contributed by atoms with E-state index in [0.717, 1.165) is 45.0 Å². The quantitative estimate of drug-likeness (QED) is 0.841. The van der Waals surface area contributed by atoms with Crippen LogP contribution < -0.4 is 5.32 Å². The molecule has 1 aromatic rings. The second-order valence-electron chi connectivity index (χ2n) is 4.38. The zero-order valence-electron chi connectivity index (χ0n) is 10.3. The Kier molecular flexibility index (Phi) is 5.56. The lowest BCUT2D eigenvalue weighted by Gasteiger charge is -2.26. The van der Waals surface area contributed by atoms with E-state index in [2.05, 4.69) is 26.1 Å². The molecule has 0 aliphatic carbocycles. The predicted molar refractivity (Wildman–Crippen MR) is 73.1 cm³/mol. The molecule has 2 rings (SSSR count). The van der Waals surface area contributed by atoms with Gasteiger partial charge in [0.05, 0.1) is 17.7 Å². The first-order chi connectivity index (χ1) is 8.75. The van der Waals surface area contributed by atoms with Crippen molar-refractivity contribution in [3.8, 4) is 0 Å². The van der Waals surface area contributed by atoms with Crippen molar-refractivity contribution >= 4 is 15.9 Å². The fourth-order valence-corrected chi connectivity index (χ4v) is 2.19. The van der Waals surface area contributed by atoms with Gasteiger partial charge in [0.2, 0.25) is 0 Å². The Hall–Kier alpha value is -0.490. The number of morpholine rings is 1. The zero-order valence-corrected chi connectivity index (χ0v) is 11.9. The zero-order chi connectivity index (χ0) is 12.8. The summed E-state index contributed by atoms with van der Waals surface area (Å²) in [4.78, 5) is 2.37. The average molecular weight is 317 g/mol. The van der Waals surface area contributed by atoms with Crippen LogP contribution in [0.1, 0.15) is 5.56 Å². The smallest absolute Gasteiger partial charge is 0.137 e. The Morgan fingerprint density at radius 2 is 2.11 bits per heavy atom. The molecule has 100 valence electrons. The van der Waals surface area contributed by atoms with Gasteiger partial charge in [-0.05, 0) is 33.6 Å². The van der Waals surface area contributed by atoms with Gasteiger partial charge in [-0.15, -0.1) is 0 Å². The Morgan fingerprint density at radius 1 is 1.33 bits per heavy atom. The molecule has 0 saturated carbocycles. The molecular formula is C13H18BrFN2O. The highest BCUT2D eigenvalue weighted by Gasteiger charge is 2.09. The summed E-state index contributed by atoms with van der Waals surface area (Å²) in [5.41, 5.74) is 0.970. The molecular weight excluding hydrogens is 299 g/mol. The summed E-state index contributed by atoms with van der Waals surface area (Å²) >= 11 is 3.15. The number of rotatable bonds is 5. The first-order valence-corrected chi connectivity index (χ1v) is 7.00. The van der Waals surface area contributed by atoms with E-state index >= 15 is 0 Å². The van der Waals surface area contributed by atoms with Crippen molar-refractivity contribution < 1.29 is 9.13 Å². The summed E-state index contributed by atoms with van der Waals surface area (Å²) in [6.45, 7) is 6.31. The van der Waals surface area contributed by atoms with E-state index in [1.807, 2.05) is 6.07 Å². The third-order valence-electron chi connectivity index (χ3n) is 3.02. The maximum atomic E-state index is 13.3. The molecule has 0 radical (unpaired) electrons. The molecule has 5 heteroatoms. The highest BCUT2D eigenvalue weighted by molar-refractivity contribution is 9.10. The molecule has 0 amide bonds. The molecule has 1 aliphatic rings.